The van der Waals surface area contributed by atoms with Gasteiger partial charge < -0.3 is 0 Å². The quantitative estimate of drug-likeness (QED) is 0.552. The number of thiocyanates is 1. The van der Waals surface area contributed by atoms with Gasteiger partial charge in [0, 0.05) is 0 Å². The summed E-state index contributed by atoms with van der Waals surface area (Å²) in [6.07, 6.45) is -4.52. The van der Waals surface area contributed by atoms with E-state index in [0.717, 1.165) is 17.5 Å². The van der Waals surface area contributed by atoms with E-state index in [1.165, 1.54) is 0 Å². The topological polar surface area (TPSA) is 57.9 Å². The zero-order chi connectivity index (χ0) is 11.7. The molecule has 3 nitrogen and oxygen atoms in total. The Kier molecular flexibility index (Phi) is 2.73. The van der Waals surface area contributed by atoms with E-state index in [0.29, 0.717) is 12.1 Å². The van der Waals surface area contributed by atoms with Crippen molar-refractivity contribution in [3.8, 4) is 5.40 Å². The molecule has 0 unspecified atom stereocenters. The molecule has 7 heteroatoms. The Balaban J connectivity index is 3.19. The summed E-state index contributed by atoms with van der Waals surface area (Å²) in [4.78, 5) is -0.446. The second-order valence-corrected chi connectivity index (χ2v) is 4.28. The average Bonchev–Trinajstić information content (AvgIpc) is 2.17. The van der Waals surface area contributed by atoms with Gasteiger partial charge in [-0.25, -0.2) is 8.42 Å². The van der Waals surface area contributed by atoms with E-state index in [4.69, 9.17) is 5.26 Å². The average molecular weight is 235 g/mol. The van der Waals surface area contributed by atoms with Crippen molar-refractivity contribution >= 4 is 9.84 Å². The van der Waals surface area contributed by atoms with Crippen molar-refractivity contribution < 1.29 is 21.6 Å². The molecule has 0 spiro atoms. The molecule has 0 aromatic heterocycles. The standard InChI is InChI=1S/C8H4F3NO2S/c9-8(10,11)6-1-3-7(4-2-6)15(13,14)5-12/h1-4H. The number of rotatable bonds is 1. The Hall–Kier alpha value is -1.55. The lowest BCUT2D eigenvalue weighted by atomic mass is 10.2. The van der Waals surface area contributed by atoms with Gasteiger partial charge in [-0.1, -0.05) is 0 Å². The zero-order valence-electron chi connectivity index (χ0n) is 7.12. The highest BCUT2D eigenvalue weighted by Gasteiger charge is 2.30. The largest absolute Gasteiger partial charge is 0.416 e. The van der Waals surface area contributed by atoms with Crippen LogP contribution in [0.1, 0.15) is 5.56 Å². The second-order valence-electron chi connectivity index (χ2n) is 2.62. The van der Waals surface area contributed by atoms with Gasteiger partial charge in [-0.3, -0.25) is 0 Å². The number of hydrogen-bond donors (Lipinski definition) is 0. The maximum atomic E-state index is 12.1. The van der Waals surface area contributed by atoms with Crippen LogP contribution in [0, 0.1) is 10.7 Å². The molecule has 0 aliphatic carbocycles. The Labute approximate surface area is 83.7 Å². The molecule has 0 bridgehead atoms. The van der Waals surface area contributed by atoms with Crippen molar-refractivity contribution in [2.24, 2.45) is 0 Å². The van der Waals surface area contributed by atoms with Gasteiger partial charge >= 0.3 is 6.18 Å². The molecule has 0 saturated carbocycles. The monoisotopic (exact) mass is 235 g/mol. The predicted molar refractivity (Wildman–Crippen MR) is 44.2 cm³/mol. The lowest BCUT2D eigenvalue weighted by molar-refractivity contribution is -0.137. The lowest BCUT2D eigenvalue weighted by Gasteiger charge is -2.05. The number of nitrogens with zero attached hydrogens (tertiary/aromatic N) is 1. The Morgan fingerprint density at radius 1 is 1.13 bits per heavy atom. The third-order valence-electron chi connectivity index (χ3n) is 1.61. The second kappa shape index (κ2) is 3.55. The minimum absolute atomic E-state index is 0.446. The number of halogens is 3. The molecule has 1 rings (SSSR count). The number of hydrogen-bond acceptors (Lipinski definition) is 3. The first kappa shape index (κ1) is 11.5. The van der Waals surface area contributed by atoms with Crippen LogP contribution in [-0.4, -0.2) is 8.42 Å². The summed E-state index contributed by atoms with van der Waals surface area (Å²) >= 11 is 0. The van der Waals surface area contributed by atoms with Crippen molar-refractivity contribution in [3.63, 3.8) is 0 Å². The molecule has 0 heterocycles. The van der Waals surface area contributed by atoms with E-state index < -0.39 is 26.5 Å². The zero-order valence-corrected chi connectivity index (χ0v) is 7.93. The van der Waals surface area contributed by atoms with Gasteiger partial charge in [0.05, 0.1) is 10.5 Å². The molecule has 0 saturated heterocycles. The molecule has 1 aromatic rings. The summed E-state index contributed by atoms with van der Waals surface area (Å²) < 4.78 is 58.1. The fourth-order valence-electron chi connectivity index (χ4n) is 0.876. The minimum Gasteiger partial charge on any atom is -0.208 e. The van der Waals surface area contributed by atoms with Crippen LogP contribution in [0.3, 0.4) is 0 Å². The smallest absolute Gasteiger partial charge is 0.208 e. The first-order valence-electron chi connectivity index (χ1n) is 3.60. The molecule has 0 aliphatic heterocycles. The highest BCUT2D eigenvalue weighted by Crippen LogP contribution is 2.29. The molecule has 0 N–H and O–H groups in total. The summed E-state index contributed by atoms with van der Waals surface area (Å²) in [6, 6.07) is 2.73. The van der Waals surface area contributed by atoms with E-state index >= 15 is 0 Å². The third kappa shape index (κ3) is 2.47. The van der Waals surface area contributed by atoms with E-state index in [2.05, 4.69) is 0 Å². The van der Waals surface area contributed by atoms with Crippen LogP contribution in [0.5, 0.6) is 0 Å². The molecular weight excluding hydrogens is 231 g/mol. The van der Waals surface area contributed by atoms with E-state index in [1.54, 1.807) is 0 Å². The fourth-order valence-corrected chi connectivity index (χ4v) is 1.48. The van der Waals surface area contributed by atoms with Gasteiger partial charge in [0.25, 0.3) is 9.84 Å². The van der Waals surface area contributed by atoms with Gasteiger partial charge in [0.1, 0.15) is 0 Å². The summed E-state index contributed by atoms with van der Waals surface area (Å²) in [5, 5.41) is 9.22. The van der Waals surface area contributed by atoms with Crippen molar-refractivity contribution in [1.29, 1.82) is 5.26 Å². The van der Waals surface area contributed by atoms with Crippen molar-refractivity contribution in [2.45, 2.75) is 11.1 Å². The van der Waals surface area contributed by atoms with E-state index in [-0.39, 0.29) is 0 Å². The van der Waals surface area contributed by atoms with Crippen LogP contribution in [0.25, 0.3) is 0 Å². The number of nitriles is 1. The van der Waals surface area contributed by atoms with Gasteiger partial charge in [0.15, 0.2) is 5.40 Å². The van der Waals surface area contributed by atoms with Crippen molar-refractivity contribution in [3.05, 3.63) is 29.8 Å². The van der Waals surface area contributed by atoms with Crippen LogP contribution < -0.4 is 0 Å². The fraction of sp³-hybridized carbons (Fsp3) is 0.125. The molecule has 80 valence electrons. The molecule has 0 atom stereocenters. The van der Waals surface area contributed by atoms with Crippen LogP contribution in [0.2, 0.25) is 0 Å². The molecule has 0 amide bonds. The van der Waals surface area contributed by atoms with Gasteiger partial charge in [-0.15, -0.1) is 0 Å². The highest BCUT2D eigenvalue weighted by atomic mass is 32.2. The molecule has 15 heavy (non-hydrogen) atoms. The maximum absolute atomic E-state index is 12.1. The van der Waals surface area contributed by atoms with Crippen LogP contribution >= 0.6 is 0 Å². The molecule has 0 radical (unpaired) electrons. The van der Waals surface area contributed by atoms with Crippen LogP contribution in [0.4, 0.5) is 13.2 Å². The van der Waals surface area contributed by atoms with E-state index in [1.807, 2.05) is 0 Å². The minimum atomic E-state index is -4.52. The summed E-state index contributed by atoms with van der Waals surface area (Å²) in [7, 11) is -4.12. The molecule has 1 aromatic carbocycles. The van der Waals surface area contributed by atoms with Crippen LogP contribution in [-0.2, 0) is 16.0 Å². The third-order valence-corrected chi connectivity index (χ3v) is 2.75. The first-order valence-corrected chi connectivity index (χ1v) is 5.09. The van der Waals surface area contributed by atoms with E-state index in [9.17, 15) is 21.6 Å². The maximum Gasteiger partial charge on any atom is 0.416 e. The Morgan fingerprint density at radius 3 is 1.93 bits per heavy atom. The predicted octanol–water partition coefficient (Wildman–Crippen LogP) is 1.96. The molecular formula is C8H4F3NO2S. The van der Waals surface area contributed by atoms with Gasteiger partial charge in [-0.05, 0) is 24.3 Å². The van der Waals surface area contributed by atoms with Crippen LogP contribution in [0.15, 0.2) is 29.2 Å². The SMILES string of the molecule is N#CS(=O)(=O)c1ccc(C(F)(F)F)cc1. The summed E-state index contributed by atoms with van der Waals surface area (Å²) in [5.41, 5.74) is -0.959. The first-order chi connectivity index (χ1) is 6.77. The highest BCUT2D eigenvalue weighted by molar-refractivity contribution is 7.95. The Bertz CT molecular complexity index is 496. The number of benzene rings is 1. The van der Waals surface area contributed by atoms with Crippen molar-refractivity contribution in [1.82, 2.24) is 0 Å². The number of sulfone groups is 1. The Morgan fingerprint density at radius 2 is 1.60 bits per heavy atom. The number of alkyl halides is 3. The summed E-state index contributed by atoms with van der Waals surface area (Å²) in [6.45, 7) is 0. The van der Waals surface area contributed by atoms with Crippen molar-refractivity contribution in [2.75, 3.05) is 0 Å². The molecule has 0 aliphatic rings. The lowest BCUT2D eigenvalue weighted by Crippen LogP contribution is -2.05. The molecule has 0 fully saturated rings. The van der Waals surface area contributed by atoms with Gasteiger partial charge in [0.2, 0.25) is 0 Å². The van der Waals surface area contributed by atoms with Gasteiger partial charge in [-0.2, -0.15) is 18.4 Å². The summed E-state index contributed by atoms with van der Waals surface area (Å²) in [5.74, 6) is 0. The normalized spacial score (nSPS) is 12.1.